The second-order valence-electron chi connectivity index (χ2n) is 5.71. The topological polar surface area (TPSA) is 58.6 Å². The molecule has 5 nitrogen and oxygen atoms in total. The van der Waals surface area contributed by atoms with E-state index in [0.717, 1.165) is 19.4 Å². The lowest BCUT2D eigenvalue weighted by molar-refractivity contribution is 0.0902. The molecule has 1 rings (SSSR count). The van der Waals surface area contributed by atoms with Gasteiger partial charge in [0.2, 0.25) is 10.0 Å². The summed E-state index contributed by atoms with van der Waals surface area (Å²) in [6.45, 7) is 10.5. The van der Waals surface area contributed by atoms with Crippen LogP contribution in [0.15, 0.2) is 0 Å². The van der Waals surface area contributed by atoms with Crippen LogP contribution in [0.25, 0.3) is 0 Å². The SMILES string of the molecule is CCNC1CCN(S(=O)(=O)CCOC(C)C)CC1CC. The van der Waals surface area contributed by atoms with Gasteiger partial charge in [0, 0.05) is 19.1 Å². The van der Waals surface area contributed by atoms with Gasteiger partial charge in [-0.1, -0.05) is 20.3 Å². The number of rotatable bonds is 8. The number of hydrogen-bond acceptors (Lipinski definition) is 4. The van der Waals surface area contributed by atoms with Crippen molar-refractivity contribution in [3.63, 3.8) is 0 Å². The second kappa shape index (κ2) is 8.32. The minimum atomic E-state index is -3.18. The van der Waals surface area contributed by atoms with E-state index < -0.39 is 10.0 Å². The third-order valence-electron chi connectivity index (χ3n) is 3.87. The van der Waals surface area contributed by atoms with Crippen molar-refractivity contribution >= 4 is 10.0 Å². The van der Waals surface area contributed by atoms with Crippen molar-refractivity contribution in [2.24, 2.45) is 5.92 Å². The largest absolute Gasteiger partial charge is 0.378 e. The number of nitrogens with zero attached hydrogens (tertiary/aromatic N) is 1. The standard InChI is InChI=1S/C14H30N2O3S/c1-5-13-11-16(8-7-14(13)15-6-2)20(17,18)10-9-19-12(3)4/h12-15H,5-11H2,1-4H3. The average molecular weight is 306 g/mol. The molecule has 0 aromatic heterocycles. The van der Waals surface area contributed by atoms with Gasteiger partial charge in [0.25, 0.3) is 0 Å². The second-order valence-corrected chi connectivity index (χ2v) is 7.80. The molecule has 0 radical (unpaired) electrons. The molecule has 1 aliphatic rings. The molecule has 0 saturated carbocycles. The average Bonchev–Trinajstić information content (AvgIpc) is 2.38. The van der Waals surface area contributed by atoms with E-state index >= 15 is 0 Å². The molecule has 20 heavy (non-hydrogen) atoms. The first-order valence-corrected chi connectivity index (χ1v) is 9.34. The van der Waals surface area contributed by atoms with Crippen molar-refractivity contribution in [1.29, 1.82) is 0 Å². The van der Waals surface area contributed by atoms with Gasteiger partial charge in [-0.2, -0.15) is 0 Å². The number of sulfonamides is 1. The molecule has 1 fully saturated rings. The van der Waals surface area contributed by atoms with Crippen LogP contribution < -0.4 is 5.32 Å². The molecule has 1 heterocycles. The van der Waals surface area contributed by atoms with Crippen molar-refractivity contribution in [2.75, 3.05) is 32.0 Å². The van der Waals surface area contributed by atoms with Crippen LogP contribution in [-0.4, -0.2) is 56.9 Å². The summed E-state index contributed by atoms with van der Waals surface area (Å²) in [7, 11) is -3.18. The predicted molar refractivity (Wildman–Crippen MR) is 82.3 cm³/mol. The Morgan fingerprint density at radius 2 is 2.05 bits per heavy atom. The summed E-state index contributed by atoms with van der Waals surface area (Å²) < 4.78 is 31.7. The Balaban J connectivity index is 2.55. The highest BCUT2D eigenvalue weighted by atomic mass is 32.2. The first-order valence-electron chi connectivity index (χ1n) is 7.73. The smallest absolute Gasteiger partial charge is 0.216 e. The summed E-state index contributed by atoms with van der Waals surface area (Å²) in [4.78, 5) is 0. The predicted octanol–water partition coefficient (Wildman–Crippen LogP) is 1.45. The molecule has 0 amide bonds. The van der Waals surface area contributed by atoms with Crippen LogP contribution in [0.1, 0.15) is 40.5 Å². The maximum atomic E-state index is 12.3. The van der Waals surface area contributed by atoms with Crippen molar-refractivity contribution in [3.05, 3.63) is 0 Å². The van der Waals surface area contributed by atoms with Crippen LogP contribution in [0.4, 0.5) is 0 Å². The van der Waals surface area contributed by atoms with Crippen molar-refractivity contribution in [1.82, 2.24) is 9.62 Å². The zero-order chi connectivity index (χ0) is 15.2. The van der Waals surface area contributed by atoms with E-state index in [4.69, 9.17) is 4.74 Å². The third-order valence-corrected chi connectivity index (χ3v) is 5.67. The molecule has 0 aromatic carbocycles. The molecule has 2 unspecified atom stereocenters. The van der Waals surface area contributed by atoms with Crippen LogP contribution in [-0.2, 0) is 14.8 Å². The Kier molecular flexibility index (Phi) is 7.43. The van der Waals surface area contributed by atoms with Gasteiger partial charge in [-0.3, -0.25) is 0 Å². The molecular weight excluding hydrogens is 276 g/mol. The van der Waals surface area contributed by atoms with Crippen molar-refractivity contribution in [2.45, 2.75) is 52.7 Å². The highest BCUT2D eigenvalue weighted by Crippen LogP contribution is 2.22. The molecule has 0 aliphatic carbocycles. The van der Waals surface area contributed by atoms with Gasteiger partial charge < -0.3 is 10.1 Å². The highest BCUT2D eigenvalue weighted by Gasteiger charge is 2.33. The van der Waals surface area contributed by atoms with E-state index in [1.54, 1.807) is 4.31 Å². The van der Waals surface area contributed by atoms with Gasteiger partial charge in [-0.25, -0.2) is 12.7 Å². The zero-order valence-electron chi connectivity index (χ0n) is 13.3. The van der Waals surface area contributed by atoms with Gasteiger partial charge in [0.15, 0.2) is 0 Å². The number of nitrogens with one attached hydrogen (secondary N) is 1. The number of hydrogen-bond donors (Lipinski definition) is 1. The monoisotopic (exact) mass is 306 g/mol. The van der Waals surface area contributed by atoms with E-state index in [0.29, 0.717) is 25.0 Å². The molecule has 0 bridgehead atoms. The fourth-order valence-corrected chi connectivity index (χ4v) is 4.08. The molecule has 2 atom stereocenters. The lowest BCUT2D eigenvalue weighted by Gasteiger charge is -2.38. The van der Waals surface area contributed by atoms with Gasteiger partial charge >= 0.3 is 0 Å². The first kappa shape index (κ1) is 17.9. The Morgan fingerprint density at radius 1 is 1.35 bits per heavy atom. The van der Waals surface area contributed by atoms with Gasteiger partial charge in [0.05, 0.1) is 18.5 Å². The molecular formula is C14H30N2O3S. The van der Waals surface area contributed by atoms with Gasteiger partial charge in [-0.05, 0) is 32.7 Å². The molecule has 6 heteroatoms. The number of piperidine rings is 1. The van der Waals surface area contributed by atoms with E-state index in [2.05, 4.69) is 19.2 Å². The molecule has 1 N–H and O–H groups in total. The number of ether oxygens (including phenoxy) is 1. The highest BCUT2D eigenvalue weighted by molar-refractivity contribution is 7.89. The Labute approximate surface area is 124 Å². The fraction of sp³-hybridized carbons (Fsp3) is 1.00. The maximum absolute atomic E-state index is 12.3. The molecule has 120 valence electrons. The Hall–Kier alpha value is -0.170. The summed E-state index contributed by atoms with van der Waals surface area (Å²) in [6, 6.07) is 0.448. The molecule has 0 spiro atoms. The lowest BCUT2D eigenvalue weighted by atomic mass is 9.91. The maximum Gasteiger partial charge on any atom is 0.216 e. The summed E-state index contributed by atoms with van der Waals surface area (Å²) >= 11 is 0. The third kappa shape index (κ3) is 5.31. The van der Waals surface area contributed by atoms with Crippen molar-refractivity contribution in [3.8, 4) is 0 Å². The van der Waals surface area contributed by atoms with E-state index in [-0.39, 0.29) is 18.5 Å². The van der Waals surface area contributed by atoms with Crippen molar-refractivity contribution < 1.29 is 13.2 Å². The summed E-state index contributed by atoms with van der Waals surface area (Å²) in [5.74, 6) is 0.498. The van der Waals surface area contributed by atoms with Crippen LogP contribution >= 0.6 is 0 Å². The Morgan fingerprint density at radius 3 is 2.60 bits per heavy atom. The van der Waals surface area contributed by atoms with Crippen LogP contribution in [0.5, 0.6) is 0 Å². The quantitative estimate of drug-likeness (QED) is 0.737. The Bertz CT molecular complexity index is 371. The summed E-state index contributed by atoms with van der Waals surface area (Å²) in [6.07, 6.45) is 1.98. The van der Waals surface area contributed by atoms with Crippen LogP contribution in [0.3, 0.4) is 0 Å². The summed E-state index contributed by atoms with van der Waals surface area (Å²) in [5.41, 5.74) is 0. The normalized spacial score (nSPS) is 25.2. The van der Waals surface area contributed by atoms with E-state index in [1.807, 2.05) is 13.8 Å². The van der Waals surface area contributed by atoms with Gasteiger partial charge in [-0.15, -0.1) is 0 Å². The minimum Gasteiger partial charge on any atom is -0.378 e. The first-order chi connectivity index (χ1) is 9.40. The van der Waals surface area contributed by atoms with Gasteiger partial charge in [0.1, 0.15) is 0 Å². The zero-order valence-corrected chi connectivity index (χ0v) is 14.1. The van der Waals surface area contributed by atoms with Crippen LogP contribution in [0.2, 0.25) is 0 Å². The molecule has 0 aromatic rings. The fourth-order valence-electron chi connectivity index (χ4n) is 2.71. The summed E-state index contributed by atoms with van der Waals surface area (Å²) in [5, 5.41) is 3.47. The minimum absolute atomic E-state index is 0.0769. The lowest BCUT2D eigenvalue weighted by Crippen LogP contribution is -2.51. The molecule has 1 aliphatic heterocycles. The van der Waals surface area contributed by atoms with Crippen LogP contribution in [0, 0.1) is 5.92 Å². The van der Waals surface area contributed by atoms with E-state index in [9.17, 15) is 8.42 Å². The molecule has 1 saturated heterocycles. The van der Waals surface area contributed by atoms with E-state index in [1.165, 1.54) is 0 Å².